The normalized spacial score (nSPS) is 13.5. The third-order valence-electron chi connectivity index (χ3n) is 27.5. The van der Waals surface area contributed by atoms with Crippen molar-refractivity contribution in [3.05, 3.63) is 524 Å². The Morgan fingerprint density at radius 3 is 0.964 bits per heavy atom. The van der Waals surface area contributed by atoms with Crippen LogP contribution in [0.2, 0.25) is 0 Å². The number of hydrogen-bond donors (Lipinski definition) is 0. The van der Waals surface area contributed by atoms with E-state index in [0.717, 1.165) is 97.0 Å². The third kappa shape index (κ3) is 14.9. The summed E-state index contributed by atoms with van der Waals surface area (Å²) in [5, 5.41) is 19.6. The number of benzene rings is 19. The van der Waals surface area contributed by atoms with Crippen LogP contribution in [0.3, 0.4) is 0 Å². The Balaban J connectivity index is 0.000000113. The third-order valence-corrected chi connectivity index (χ3v) is 27.5. The molecule has 656 valence electrons. The standard InChI is InChI=1S/C48H36N4.C40H30N4.C40H28N2/c1-31-29-43(51(45-21-7-9-27-49-45)41-19-11-15-33-13-3-5-17-37(33)41)39-26-24-36-32(2)30-44(40-25-23-35(31)47(39)48(36)40)52(46-22-8-10-28-50-46)42-20-12-16-34-14-4-6-18-38(34)42;1-27-13-23-37(41-25-27)43(31-9-5-3-6-10-31)35-21-17-29-16-20-34-36(22-18-30-15-19-33(35)39(29)40(30)34)44(32-11-7-4-8-12-32)38-24-14-28(2)26-42-38;1-5-13-31(14-6-1)41(32-15-7-2-8-16-32)37-27-23-29-22-26-36-38(28-24-30-21-25-35(37)39(29)40(30)36)42(33-17-9-3-10-18-33)34-19-11-4-12-20-34/h3-30,39,47H,1-2H3;3-26H,1-2H3;1-28H. The van der Waals surface area contributed by atoms with Crippen molar-refractivity contribution < 1.29 is 0 Å². The van der Waals surface area contributed by atoms with Gasteiger partial charge in [0.1, 0.15) is 23.3 Å². The van der Waals surface area contributed by atoms with Crippen molar-refractivity contribution >= 4 is 196 Å². The molecule has 4 aromatic heterocycles. The van der Waals surface area contributed by atoms with E-state index in [1.54, 1.807) is 0 Å². The van der Waals surface area contributed by atoms with Gasteiger partial charge in [-0.2, -0.15) is 0 Å². The molecule has 0 saturated heterocycles. The van der Waals surface area contributed by atoms with Gasteiger partial charge in [-0.05, 0) is 278 Å². The van der Waals surface area contributed by atoms with Gasteiger partial charge in [0.2, 0.25) is 0 Å². The van der Waals surface area contributed by atoms with E-state index in [0.29, 0.717) is 0 Å². The molecule has 0 N–H and O–H groups in total. The van der Waals surface area contributed by atoms with Crippen LogP contribution >= 0.6 is 0 Å². The molecule has 0 amide bonds. The van der Waals surface area contributed by atoms with Crippen LogP contribution in [0.25, 0.3) is 98.3 Å². The number of rotatable bonds is 18. The lowest BCUT2D eigenvalue weighted by molar-refractivity contribution is 0.611. The summed E-state index contributed by atoms with van der Waals surface area (Å²) in [6, 6.07) is 153. The number of anilines is 17. The molecule has 138 heavy (non-hydrogen) atoms. The van der Waals surface area contributed by atoms with Crippen molar-refractivity contribution in [2.45, 2.75) is 33.6 Å². The summed E-state index contributed by atoms with van der Waals surface area (Å²) in [6.07, 6.45) is 19.6. The van der Waals surface area contributed by atoms with Crippen LogP contribution < -0.4 is 29.4 Å². The predicted octanol–water partition coefficient (Wildman–Crippen LogP) is 34.8. The Bertz CT molecular complexity index is 8210. The van der Waals surface area contributed by atoms with Gasteiger partial charge in [-0.15, -0.1) is 0 Å². The molecule has 0 saturated carbocycles. The summed E-state index contributed by atoms with van der Waals surface area (Å²) in [4.78, 5) is 33.6. The van der Waals surface area contributed by atoms with E-state index in [9.17, 15) is 0 Å². The van der Waals surface area contributed by atoms with Crippen LogP contribution in [0.1, 0.15) is 46.2 Å². The van der Waals surface area contributed by atoms with Gasteiger partial charge in [-0.1, -0.05) is 303 Å². The first kappa shape index (κ1) is 83.2. The molecule has 0 radical (unpaired) electrons. The number of para-hydroxylation sites is 6. The fourth-order valence-electron chi connectivity index (χ4n) is 21.3. The second-order valence-corrected chi connectivity index (χ2v) is 35.8. The monoisotopic (exact) mass is 1770 g/mol. The van der Waals surface area contributed by atoms with Gasteiger partial charge < -0.3 is 9.80 Å². The summed E-state index contributed by atoms with van der Waals surface area (Å²) in [5.74, 6) is 3.81. The first-order chi connectivity index (χ1) is 68.2. The predicted molar refractivity (Wildman–Crippen MR) is 581 cm³/mol. The molecule has 19 aromatic carbocycles. The minimum atomic E-state index is 0.0892. The minimum Gasteiger partial charge on any atom is -0.310 e. The van der Waals surface area contributed by atoms with Crippen LogP contribution in [0, 0.1) is 26.7 Å². The zero-order chi connectivity index (χ0) is 92.3. The van der Waals surface area contributed by atoms with Crippen LogP contribution in [0.5, 0.6) is 0 Å². The average molecular weight is 1770 g/mol. The van der Waals surface area contributed by atoms with Crippen molar-refractivity contribution in [2.24, 2.45) is 5.92 Å². The van der Waals surface area contributed by atoms with Crippen molar-refractivity contribution in [3.63, 3.8) is 0 Å². The Morgan fingerprint density at radius 1 is 0.232 bits per heavy atom. The van der Waals surface area contributed by atoms with Crippen LogP contribution in [0.15, 0.2) is 491 Å². The second kappa shape index (κ2) is 35.6. The molecule has 0 fully saturated rings. The second-order valence-electron chi connectivity index (χ2n) is 35.8. The fourth-order valence-corrected chi connectivity index (χ4v) is 21.3. The van der Waals surface area contributed by atoms with Crippen LogP contribution in [0.4, 0.5) is 97.2 Å². The van der Waals surface area contributed by atoms with E-state index in [-0.39, 0.29) is 11.8 Å². The molecular formula is C128H94N10. The number of aryl methyl sites for hydroxylation is 3. The van der Waals surface area contributed by atoms with Crippen LogP contribution in [-0.2, 0) is 0 Å². The Morgan fingerprint density at radius 2 is 0.572 bits per heavy atom. The maximum atomic E-state index is 4.96. The first-order valence-electron chi connectivity index (χ1n) is 47.3. The molecule has 0 bridgehead atoms. The number of fused-ring (bicyclic) bond motifs is 2. The van der Waals surface area contributed by atoms with E-state index >= 15 is 0 Å². The van der Waals surface area contributed by atoms with E-state index in [1.165, 1.54) is 137 Å². The van der Waals surface area contributed by atoms with Crippen molar-refractivity contribution in [3.8, 4) is 0 Å². The highest BCUT2D eigenvalue weighted by Crippen LogP contribution is 2.58. The van der Waals surface area contributed by atoms with E-state index in [4.69, 9.17) is 19.9 Å². The molecule has 10 heteroatoms. The quantitative estimate of drug-likeness (QED) is 0.0776. The molecule has 0 aliphatic heterocycles. The SMILES string of the molecule is CC1=C2C=Cc3c(N(c4ccccn4)c4cccc5ccccc45)cc(C)c4c3C2C(C=C4)C(N(c2ccccn2)c2cccc3ccccc23)=C1.Cc1ccc(N(c2ccccc2)c2ccc3ccc4c(N(c5ccccc5)c5ccc(C)cn5)ccc5ccc2c3c54)nc1.c1ccc(N(c2ccccc2)c2ccc3ccc4c(N(c5ccccc5)c5ccccc5)ccc5ccc2c3c54)cc1. The van der Waals surface area contributed by atoms with Crippen molar-refractivity contribution in [1.29, 1.82) is 0 Å². The van der Waals surface area contributed by atoms with Gasteiger partial charge in [0.15, 0.2) is 0 Å². The highest BCUT2D eigenvalue weighted by Gasteiger charge is 2.42. The topological polar surface area (TPSA) is 71.0 Å². The molecule has 2 atom stereocenters. The summed E-state index contributed by atoms with van der Waals surface area (Å²) in [7, 11) is 0. The smallest absolute Gasteiger partial charge is 0.137 e. The van der Waals surface area contributed by atoms with E-state index in [2.05, 4.69) is 506 Å². The zero-order valence-electron chi connectivity index (χ0n) is 76.8. The maximum Gasteiger partial charge on any atom is 0.137 e. The molecule has 3 aliphatic rings. The van der Waals surface area contributed by atoms with E-state index < -0.39 is 0 Å². The fraction of sp³-hybridized carbons (Fsp3) is 0.0469. The summed E-state index contributed by atoms with van der Waals surface area (Å²) < 4.78 is 0. The molecule has 23 aromatic rings. The number of hydrogen-bond acceptors (Lipinski definition) is 10. The zero-order valence-corrected chi connectivity index (χ0v) is 76.8. The first-order valence-corrected chi connectivity index (χ1v) is 47.3. The number of pyridine rings is 4. The summed E-state index contributed by atoms with van der Waals surface area (Å²) >= 11 is 0. The largest absolute Gasteiger partial charge is 0.310 e. The number of allylic oxidation sites excluding steroid dienone is 5. The van der Waals surface area contributed by atoms with Gasteiger partial charge in [-0.25, -0.2) is 19.9 Å². The Labute approximate surface area is 802 Å². The van der Waals surface area contributed by atoms with Gasteiger partial charge in [0.05, 0.1) is 39.8 Å². The lowest BCUT2D eigenvalue weighted by Crippen LogP contribution is -2.33. The van der Waals surface area contributed by atoms with Crippen LogP contribution in [-0.4, -0.2) is 19.9 Å². The van der Waals surface area contributed by atoms with Gasteiger partial charge in [-0.3, -0.25) is 19.6 Å². The maximum absolute atomic E-state index is 4.96. The minimum absolute atomic E-state index is 0.0892. The van der Waals surface area contributed by atoms with Crippen molar-refractivity contribution in [2.75, 3.05) is 29.4 Å². The number of aromatic nitrogens is 4. The average Bonchev–Trinajstić information content (AvgIpc) is 0.714. The molecule has 3 aliphatic carbocycles. The molecule has 26 rings (SSSR count). The molecule has 4 heterocycles. The number of nitrogens with zero attached hydrogens (tertiary/aromatic N) is 10. The van der Waals surface area contributed by atoms with Crippen molar-refractivity contribution in [1.82, 2.24) is 19.9 Å². The molecule has 0 spiro atoms. The van der Waals surface area contributed by atoms with E-state index in [1.807, 2.05) is 36.9 Å². The van der Waals surface area contributed by atoms with Gasteiger partial charge in [0, 0.05) is 114 Å². The van der Waals surface area contributed by atoms with Gasteiger partial charge in [0.25, 0.3) is 0 Å². The highest BCUT2D eigenvalue weighted by atomic mass is 15.2. The van der Waals surface area contributed by atoms with Gasteiger partial charge >= 0.3 is 0 Å². The molecule has 10 nitrogen and oxygen atoms in total. The summed E-state index contributed by atoms with van der Waals surface area (Å²) in [6.45, 7) is 8.67. The molecule has 2 unspecified atom stereocenters. The lowest BCUT2D eigenvalue weighted by atomic mass is 9.65. The molecular weight excluding hydrogens is 1680 g/mol. The lowest BCUT2D eigenvalue weighted by Gasteiger charge is -2.44. The highest BCUT2D eigenvalue weighted by molar-refractivity contribution is 6.30. The Kier molecular flexibility index (Phi) is 21.5. The summed E-state index contributed by atoms with van der Waals surface area (Å²) in [5.41, 5.74) is 25.9. The Hall–Kier alpha value is -17.9.